The second kappa shape index (κ2) is 5.51. The summed E-state index contributed by atoms with van der Waals surface area (Å²) in [6, 6.07) is 2.45. The summed E-state index contributed by atoms with van der Waals surface area (Å²) in [6.07, 6.45) is 3.56. The molecule has 0 atom stereocenters. The largest absolute Gasteiger partial charge is 0.418 e. The van der Waals surface area contributed by atoms with Crippen molar-refractivity contribution in [3.05, 3.63) is 54.9 Å². The Kier molecular flexibility index (Phi) is 3.30. The number of aromatic nitrogens is 9. The van der Waals surface area contributed by atoms with Crippen molar-refractivity contribution in [1.29, 1.82) is 0 Å². The maximum Gasteiger partial charge on any atom is 0.418 e. The Balaban J connectivity index is 2.07. The van der Waals surface area contributed by atoms with Gasteiger partial charge in [0.25, 0.3) is 0 Å². The zero-order valence-electron chi connectivity index (χ0n) is 12.3. The second-order valence-corrected chi connectivity index (χ2v) is 4.90. The van der Waals surface area contributed by atoms with Gasteiger partial charge in [-0.3, -0.25) is 0 Å². The number of hydrogen-bond donors (Lipinski definition) is 0. The molecule has 0 bridgehead atoms. The molecule has 0 aliphatic rings. The lowest BCUT2D eigenvalue weighted by molar-refractivity contribution is -0.137. The van der Waals surface area contributed by atoms with Gasteiger partial charge in [-0.05, 0) is 12.1 Å². The average Bonchev–Trinajstić information content (AvgIpc) is 3.36. The third-order valence-electron chi connectivity index (χ3n) is 3.39. The fraction of sp³-hybridized carbons (Fsp3) is 0.0769. The van der Waals surface area contributed by atoms with Crippen LogP contribution in [0.2, 0.25) is 0 Å². The molecule has 3 aromatic heterocycles. The topological polar surface area (TPSA) is 92.1 Å². The molecular formula is C13H8F3N9. The van der Waals surface area contributed by atoms with E-state index in [2.05, 4.69) is 30.9 Å². The minimum atomic E-state index is -4.65. The molecule has 0 spiro atoms. The van der Waals surface area contributed by atoms with Gasteiger partial charge < -0.3 is 0 Å². The maximum absolute atomic E-state index is 13.7. The number of benzene rings is 1. The molecule has 4 rings (SSSR count). The van der Waals surface area contributed by atoms with Crippen molar-refractivity contribution in [1.82, 2.24) is 45.0 Å². The molecule has 12 heteroatoms. The highest BCUT2D eigenvalue weighted by atomic mass is 19.4. The molecule has 126 valence electrons. The SMILES string of the molecule is FC(F)(F)c1cc(-n2ccnn2)cc(-n2ccnn2)c1-n1ccnn1. The highest BCUT2D eigenvalue weighted by Gasteiger charge is 2.37. The summed E-state index contributed by atoms with van der Waals surface area (Å²) in [4.78, 5) is 0. The first-order valence-corrected chi connectivity index (χ1v) is 6.89. The molecule has 0 saturated carbocycles. The zero-order chi connectivity index (χ0) is 17.4. The van der Waals surface area contributed by atoms with Gasteiger partial charge in [0, 0.05) is 0 Å². The molecule has 3 heterocycles. The lowest BCUT2D eigenvalue weighted by Gasteiger charge is -2.18. The number of rotatable bonds is 3. The molecular weight excluding hydrogens is 339 g/mol. The number of nitrogens with zero attached hydrogens (tertiary/aromatic N) is 9. The standard InChI is InChI=1S/C13H8F3N9/c14-13(15,16)10-7-9(23-4-1-17-20-23)8-11(24-5-2-18-21-24)12(10)25-6-3-19-22-25/h1-8H. The van der Waals surface area contributed by atoms with Crippen LogP contribution in [-0.4, -0.2) is 45.0 Å². The van der Waals surface area contributed by atoms with Gasteiger partial charge in [0.2, 0.25) is 0 Å². The van der Waals surface area contributed by atoms with Crippen molar-refractivity contribution >= 4 is 0 Å². The highest BCUT2D eigenvalue weighted by molar-refractivity contribution is 5.62. The first kappa shape index (κ1) is 15.0. The molecule has 4 aromatic rings. The van der Waals surface area contributed by atoms with Gasteiger partial charge in [0.1, 0.15) is 5.69 Å². The van der Waals surface area contributed by atoms with E-state index in [4.69, 9.17) is 0 Å². The maximum atomic E-state index is 13.7. The predicted molar refractivity (Wildman–Crippen MR) is 76.2 cm³/mol. The van der Waals surface area contributed by atoms with Gasteiger partial charge in [0.15, 0.2) is 0 Å². The van der Waals surface area contributed by atoms with Crippen molar-refractivity contribution < 1.29 is 13.2 Å². The monoisotopic (exact) mass is 347 g/mol. The first-order chi connectivity index (χ1) is 12.0. The van der Waals surface area contributed by atoms with Crippen LogP contribution in [0.15, 0.2) is 49.3 Å². The summed E-state index contributed by atoms with van der Waals surface area (Å²) in [7, 11) is 0. The molecule has 0 saturated heterocycles. The van der Waals surface area contributed by atoms with E-state index in [0.29, 0.717) is 0 Å². The Bertz CT molecular complexity index is 973. The van der Waals surface area contributed by atoms with Crippen LogP contribution in [0.25, 0.3) is 17.1 Å². The molecule has 9 nitrogen and oxygen atoms in total. The number of halogens is 3. The van der Waals surface area contributed by atoms with Crippen molar-refractivity contribution in [3.8, 4) is 17.1 Å². The summed E-state index contributed by atoms with van der Waals surface area (Å²) in [5.74, 6) is 0. The van der Waals surface area contributed by atoms with E-state index in [0.717, 1.165) is 10.7 Å². The Hall–Kier alpha value is -3.57. The van der Waals surface area contributed by atoms with E-state index in [-0.39, 0.29) is 17.1 Å². The van der Waals surface area contributed by atoms with Crippen LogP contribution >= 0.6 is 0 Å². The van der Waals surface area contributed by atoms with E-state index >= 15 is 0 Å². The Morgan fingerprint density at radius 3 is 1.80 bits per heavy atom. The van der Waals surface area contributed by atoms with Crippen LogP contribution in [0.3, 0.4) is 0 Å². The lowest BCUT2D eigenvalue weighted by Crippen LogP contribution is -2.16. The normalized spacial score (nSPS) is 11.8. The van der Waals surface area contributed by atoms with Crippen LogP contribution < -0.4 is 0 Å². The third kappa shape index (κ3) is 2.62. The summed E-state index contributed by atoms with van der Waals surface area (Å²) < 4.78 is 44.7. The minimum Gasteiger partial charge on any atom is -0.221 e. The Labute approximate surface area is 137 Å². The van der Waals surface area contributed by atoms with Crippen LogP contribution in [0.5, 0.6) is 0 Å². The molecule has 0 fully saturated rings. The highest BCUT2D eigenvalue weighted by Crippen LogP contribution is 2.38. The first-order valence-electron chi connectivity index (χ1n) is 6.89. The smallest absolute Gasteiger partial charge is 0.221 e. The molecule has 25 heavy (non-hydrogen) atoms. The average molecular weight is 347 g/mol. The quantitative estimate of drug-likeness (QED) is 0.557. The van der Waals surface area contributed by atoms with Crippen LogP contribution in [0.1, 0.15) is 5.56 Å². The Morgan fingerprint density at radius 1 is 0.720 bits per heavy atom. The number of hydrogen-bond acceptors (Lipinski definition) is 6. The van der Waals surface area contributed by atoms with Crippen molar-refractivity contribution in [3.63, 3.8) is 0 Å². The molecule has 0 unspecified atom stereocenters. The second-order valence-electron chi connectivity index (χ2n) is 4.90. The van der Waals surface area contributed by atoms with Gasteiger partial charge in [0.05, 0.1) is 54.1 Å². The molecule has 0 amide bonds. The van der Waals surface area contributed by atoms with E-state index in [1.165, 1.54) is 52.6 Å². The molecule has 0 N–H and O–H groups in total. The Morgan fingerprint density at radius 2 is 1.28 bits per heavy atom. The predicted octanol–water partition coefficient (Wildman–Crippen LogP) is 1.45. The van der Waals surface area contributed by atoms with Crippen molar-refractivity contribution in [2.75, 3.05) is 0 Å². The minimum absolute atomic E-state index is 0.114. The summed E-state index contributed by atoms with van der Waals surface area (Å²) in [5, 5.41) is 22.1. The molecule has 0 aliphatic heterocycles. The summed E-state index contributed by atoms with van der Waals surface area (Å²) in [5.41, 5.74) is -0.863. The molecule has 1 aromatic carbocycles. The van der Waals surface area contributed by atoms with Crippen molar-refractivity contribution in [2.24, 2.45) is 0 Å². The van der Waals surface area contributed by atoms with Gasteiger partial charge in [-0.1, -0.05) is 15.6 Å². The lowest BCUT2D eigenvalue weighted by atomic mass is 10.1. The zero-order valence-corrected chi connectivity index (χ0v) is 12.3. The van der Waals surface area contributed by atoms with E-state index < -0.39 is 11.7 Å². The summed E-state index contributed by atoms with van der Waals surface area (Å²) in [6.45, 7) is 0. The van der Waals surface area contributed by atoms with Crippen LogP contribution in [-0.2, 0) is 6.18 Å². The fourth-order valence-electron chi connectivity index (χ4n) is 2.38. The number of alkyl halides is 3. The van der Waals surface area contributed by atoms with E-state index in [1.54, 1.807) is 0 Å². The van der Waals surface area contributed by atoms with Gasteiger partial charge in [-0.15, -0.1) is 15.3 Å². The van der Waals surface area contributed by atoms with Crippen LogP contribution in [0.4, 0.5) is 13.2 Å². The molecule has 0 aliphatic carbocycles. The fourth-order valence-corrected chi connectivity index (χ4v) is 2.38. The van der Waals surface area contributed by atoms with Crippen molar-refractivity contribution in [2.45, 2.75) is 6.18 Å². The summed E-state index contributed by atoms with van der Waals surface area (Å²) >= 11 is 0. The van der Waals surface area contributed by atoms with Gasteiger partial charge in [-0.25, -0.2) is 14.0 Å². The third-order valence-corrected chi connectivity index (χ3v) is 3.39. The molecule has 0 radical (unpaired) electrons. The van der Waals surface area contributed by atoms with E-state index in [1.807, 2.05) is 0 Å². The van der Waals surface area contributed by atoms with Crippen LogP contribution in [0, 0.1) is 0 Å². The van der Waals surface area contributed by atoms with Gasteiger partial charge in [-0.2, -0.15) is 13.2 Å². The van der Waals surface area contributed by atoms with E-state index in [9.17, 15) is 13.2 Å². The van der Waals surface area contributed by atoms with Gasteiger partial charge >= 0.3 is 6.18 Å².